The number of benzene rings is 3. The highest BCUT2D eigenvalue weighted by Crippen LogP contribution is 2.32. The van der Waals surface area contributed by atoms with Gasteiger partial charge in [0, 0.05) is 44.5 Å². The Labute approximate surface area is 211 Å². The van der Waals surface area contributed by atoms with Crippen molar-refractivity contribution in [2.75, 3.05) is 13.2 Å². The molecule has 0 fully saturated rings. The molecule has 6 nitrogen and oxygen atoms in total. The van der Waals surface area contributed by atoms with E-state index in [0.717, 1.165) is 11.1 Å². The minimum Gasteiger partial charge on any atom is -0.486 e. The highest BCUT2D eigenvalue weighted by Gasteiger charge is 2.41. The van der Waals surface area contributed by atoms with E-state index in [9.17, 15) is 5.02 Å². The summed E-state index contributed by atoms with van der Waals surface area (Å²) in [5.41, 5.74) is 2.92. The molecule has 3 aromatic rings. The standard InChI is InChI=1S/C28H29BFNO5/c1-28(2)34-19-22(35-28)18-33-24-14-13-23(30)26-25(36-29(32)27(24)26)17-31(15-20-9-5-3-6-10-20)16-21-11-7-4-8-12-21/h3-14,19,25,32H,15-18H2,1-2H3. The van der Waals surface area contributed by atoms with E-state index in [-0.39, 0.29) is 6.61 Å². The fourth-order valence-corrected chi connectivity index (χ4v) is 4.61. The predicted octanol–water partition coefficient (Wildman–Crippen LogP) is 4.29. The van der Waals surface area contributed by atoms with Crippen LogP contribution < -0.4 is 10.2 Å². The van der Waals surface area contributed by atoms with Crippen LogP contribution in [0.5, 0.6) is 5.75 Å². The molecule has 186 valence electrons. The van der Waals surface area contributed by atoms with Crippen molar-refractivity contribution >= 4 is 12.6 Å². The number of fused-ring (bicyclic) bond motifs is 1. The summed E-state index contributed by atoms with van der Waals surface area (Å²) in [6.45, 7) is 5.38. The molecular formula is C28H29BFNO5. The van der Waals surface area contributed by atoms with Crippen molar-refractivity contribution in [1.82, 2.24) is 4.90 Å². The van der Waals surface area contributed by atoms with Crippen molar-refractivity contribution in [2.45, 2.75) is 38.8 Å². The average Bonchev–Trinajstić information content (AvgIpc) is 3.39. The second-order valence-electron chi connectivity index (χ2n) is 9.48. The smallest absolute Gasteiger partial charge is 0.486 e. The molecule has 2 aliphatic heterocycles. The first kappa shape index (κ1) is 24.4. The summed E-state index contributed by atoms with van der Waals surface area (Å²) in [7, 11) is -1.29. The maximum atomic E-state index is 15.1. The molecule has 0 radical (unpaired) electrons. The Balaban J connectivity index is 1.36. The molecule has 0 saturated carbocycles. The number of nitrogens with zero attached hydrogens (tertiary/aromatic N) is 1. The third-order valence-electron chi connectivity index (χ3n) is 6.20. The molecule has 8 heteroatoms. The van der Waals surface area contributed by atoms with E-state index < -0.39 is 24.8 Å². The highest BCUT2D eigenvalue weighted by molar-refractivity contribution is 6.62. The Morgan fingerprint density at radius 3 is 2.19 bits per heavy atom. The van der Waals surface area contributed by atoms with Gasteiger partial charge in [0.15, 0.2) is 5.76 Å². The molecular weight excluding hydrogens is 460 g/mol. The van der Waals surface area contributed by atoms with Gasteiger partial charge < -0.3 is 23.9 Å². The molecule has 1 N–H and O–H groups in total. The Morgan fingerprint density at radius 1 is 0.972 bits per heavy atom. The summed E-state index contributed by atoms with van der Waals surface area (Å²) in [6, 6.07) is 23.1. The molecule has 0 aliphatic carbocycles. The third-order valence-corrected chi connectivity index (χ3v) is 6.20. The molecule has 0 amide bonds. The highest BCUT2D eigenvalue weighted by atomic mass is 19.1. The molecule has 0 bridgehead atoms. The lowest BCUT2D eigenvalue weighted by atomic mass is 9.78. The first-order valence-corrected chi connectivity index (χ1v) is 12.0. The van der Waals surface area contributed by atoms with Gasteiger partial charge in [-0.25, -0.2) is 4.39 Å². The Kier molecular flexibility index (Phi) is 7.00. The maximum Gasteiger partial charge on any atom is 0.495 e. The van der Waals surface area contributed by atoms with Gasteiger partial charge in [-0.05, 0) is 23.3 Å². The second-order valence-corrected chi connectivity index (χ2v) is 9.48. The SMILES string of the molecule is CC1(C)OC=C(COc2ccc(F)c3c2B(O)OC3CN(Cc2ccccc2)Cc2ccccc2)O1. The van der Waals surface area contributed by atoms with Gasteiger partial charge in [0.25, 0.3) is 0 Å². The molecule has 2 heterocycles. The minimum atomic E-state index is -1.29. The molecule has 3 aromatic carbocycles. The average molecular weight is 489 g/mol. The van der Waals surface area contributed by atoms with Gasteiger partial charge in [0.05, 0.1) is 6.10 Å². The van der Waals surface area contributed by atoms with Crippen LogP contribution in [0.25, 0.3) is 0 Å². The molecule has 1 unspecified atom stereocenters. The zero-order valence-electron chi connectivity index (χ0n) is 20.4. The molecule has 0 aromatic heterocycles. The van der Waals surface area contributed by atoms with Gasteiger partial charge in [-0.1, -0.05) is 60.7 Å². The number of hydrogen-bond donors (Lipinski definition) is 1. The molecule has 5 rings (SSSR count). The molecule has 0 spiro atoms. The van der Waals surface area contributed by atoms with Gasteiger partial charge in [-0.2, -0.15) is 0 Å². The minimum absolute atomic E-state index is 0.0903. The van der Waals surface area contributed by atoms with Crippen molar-refractivity contribution < 1.29 is 28.3 Å². The summed E-state index contributed by atoms with van der Waals surface area (Å²) in [4.78, 5) is 2.20. The van der Waals surface area contributed by atoms with Crippen LogP contribution in [-0.4, -0.2) is 36.0 Å². The fourth-order valence-electron chi connectivity index (χ4n) is 4.61. The van der Waals surface area contributed by atoms with Crippen LogP contribution in [0.15, 0.2) is 84.8 Å². The Hall–Kier alpha value is -3.33. The van der Waals surface area contributed by atoms with Crippen LogP contribution in [0.4, 0.5) is 4.39 Å². The van der Waals surface area contributed by atoms with Crippen LogP contribution in [0.3, 0.4) is 0 Å². The Morgan fingerprint density at radius 2 is 1.61 bits per heavy atom. The number of hydrogen-bond acceptors (Lipinski definition) is 6. The summed E-state index contributed by atoms with van der Waals surface area (Å²) in [6.07, 6.45) is 0.847. The van der Waals surface area contributed by atoms with Gasteiger partial charge in [0.2, 0.25) is 5.79 Å². The summed E-state index contributed by atoms with van der Waals surface area (Å²) in [5.74, 6) is -0.315. The largest absolute Gasteiger partial charge is 0.495 e. The van der Waals surface area contributed by atoms with E-state index in [1.165, 1.54) is 18.4 Å². The van der Waals surface area contributed by atoms with Crippen molar-refractivity contribution in [3.8, 4) is 5.75 Å². The van der Waals surface area contributed by atoms with Crippen LogP contribution in [-0.2, 0) is 27.2 Å². The molecule has 2 aliphatic rings. The maximum absolute atomic E-state index is 15.1. The quantitative estimate of drug-likeness (QED) is 0.453. The van der Waals surface area contributed by atoms with Crippen LogP contribution in [0.2, 0.25) is 0 Å². The molecule has 36 heavy (non-hydrogen) atoms. The van der Waals surface area contributed by atoms with Gasteiger partial charge in [-0.15, -0.1) is 0 Å². The Bertz CT molecular complexity index is 1180. The van der Waals surface area contributed by atoms with E-state index >= 15 is 4.39 Å². The number of ether oxygens (including phenoxy) is 3. The predicted molar refractivity (Wildman–Crippen MR) is 135 cm³/mol. The first-order chi connectivity index (χ1) is 17.4. The second kappa shape index (κ2) is 10.3. The van der Waals surface area contributed by atoms with E-state index in [4.69, 9.17) is 18.9 Å². The number of halogens is 1. The lowest BCUT2D eigenvalue weighted by molar-refractivity contribution is -0.119. The van der Waals surface area contributed by atoms with E-state index in [2.05, 4.69) is 29.2 Å². The zero-order chi connectivity index (χ0) is 25.1. The van der Waals surface area contributed by atoms with Crippen molar-refractivity contribution in [3.63, 3.8) is 0 Å². The van der Waals surface area contributed by atoms with E-state index in [1.54, 1.807) is 13.8 Å². The van der Waals surface area contributed by atoms with Crippen LogP contribution in [0.1, 0.15) is 36.6 Å². The lowest BCUT2D eigenvalue weighted by Gasteiger charge is -2.26. The summed E-state index contributed by atoms with van der Waals surface area (Å²) in [5, 5.41) is 10.8. The van der Waals surface area contributed by atoms with Crippen molar-refractivity contribution in [1.29, 1.82) is 0 Å². The number of rotatable bonds is 9. The lowest BCUT2D eigenvalue weighted by Crippen LogP contribution is -2.31. The summed E-state index contributed by atoms with van der Waals surface area (Å²) >= 11 is 0. The third kappa shape index (κ3) is 5.56. The van der Waals surface area contributed by atoms with Gasteiger partial charge >= 0.3 is 7.12 Å². The topological polar surface area (TPSA) is 60.4 Å². The molecule has 0 saturated heterocycles. The monoisotopic (exact) mass is 489 g/mol. The van der Waals surface area contributed by atoms with E-state index in [0.29, 0.717) is 42.2 Å². The molecule has 1 atom stereocenters. The zero-order valence-corrected chi connectivity index (χ0v) is 20.4. The van der Waals surface area contributed by atoms with Crippen LogP contribution in [0, 0.1) is 5.82 Å². The van der Waals surface area contributed by atoms with Crippen molar-refractivity contribution in [2.24, 2.45) is 0 Å². The fraction of sp³-hybridized carbons (Fsp3) is 0.286. The normalized spacial score (nSPS) is 18.0. The van der Waals surface area contributed by atoms with E-state index in [1.807, 2.05) is 36.4 Å². The van der Waals surface area contributed by atoms with Gasteiger partial charge in [-0.3, -0.25) is 4.90 Å². The summed E-state index contributed by atoms with van der Waals surface area (Å²) < 4.78 is 38.0. The van der Waals surface area contributed by atoms with Crippen molar-refractivity contribution in [3.05, 3.63) is 107 Å². The van der Waals surface area contributed by atoms with Crippen LogP contribution >= 0.6 is 0 Å². The van der Waals surface area contributed by atoms with Gasteiger partial charge in [0.1, 0.15) is 24.4 Å². The first-order valence-electron chi connectivity index (χ1n) is 12.0.